The minimum absolute atomic E-state index is 0. The molecule has 0 fully saturated rings. The summed E-state index contributed by atoms with van der Waals surface area (Å²) in [5.41, 5.74) is 0. The molecule has 0 saturated carbocycles. The molecule has 0 heterocycles. The molecule has 4 nitrogen and oxygen atoms in total. The Morgan fingerprint density at radius 3 is 1.00 bits per heavy atom. The molecule has 0 aromatic heterocycles. The first-order chi connectivity index (χ1) is 6.24. The van der Waals surface area contributed by atoms with Crippen molar-refractivity contribution in [2.75, 3.05) is 26.4 Å². The molecular weight excluding hydrogens is 227 g/mol. The van der Waals surface area contributed by atoms with Gasteiger partial charge in [-0.1, -0.05) is 0 Å². The van der Waals surface area contributed by atoms with Crippen LogP contribution in [0, 0.1) is 0 Å². The Hall–Kier alpha value is 1.69. The second-order valence-corrected chi connectivity index (χ2v) is 4.39. The van der Waals surface area contributed by atoms with Crippen LogP contribution in [0.15, 0.2) is 0 Å². The minimum atomic E-state index is -2.80. The normalized spacial score (nSPS) is 11.1. The van der Waals surface area contributed by atoms with Crippen LogP contribution in [-0.4, -0.2) is 35.5 Å². The first-order valence-electron chi connectivity index (χ1n) is 4.80. The summed E-state index contributed by atoms with van der Waals surface area (Å²) in [6.45, 7) is 9.80. The van der Waals surface area contributed by atoms with E-state index in [4.69, 9.17) is 17.7 Å². The van der Waals surface area contributed by atoms with E-state index in [1.165, 1.54) is 0 Å². The second-order valence-electron chi connectivity index (χ2n) is 2.23. The third-order valence-corrected chi connectivity index (χ3v) is 3.85. The minimum Gasteiger partial charge on any atom is -0.502 e. The first kappa shape index (κ1) is 18.1. The molecule has 0 amide bonds. The van der Waals surface area contributed by atoms with Gasteiger partial charge in [0.15, 0.2) is 0 Å². The van der Waals surface area contributed by atoms with E-state index in [1.807, 2.05) is 27.7 Å². The van der Waals surface area contributed by atoms with Crippen molar-refractivity contribution in [3.05, 3.63) is 0 Å². The molecule has 6 heteroatoms. The van der Waals surface area contributed by atoms with E-state index in [0.29, 0.717) is 26.4 Å². The van der Waals surface area contributed by atoms with Gasteiger partial charge in [-0.15, -0.1) is 0 Å². The zero-order valence-corrected chi connectivity index (χ0v) is 14.1. The van der Waals surface area contributed by atoms with Crippen molar-refractivity contribution in [1.82, 2.24) is 0 Å². The summed E-state index contributed by atoms with van der Waals surface area (Å²) in [6, 6.07) is 0. The van der Waals surface area contributed by atoms with Crippen molar-refractivity contribution in [2.45, 2.75) is 27.7 Å². The van der Waals surface area contributed by atoms with Crippen LogP contribution >= 0.6 is 0 Å². The maximum Gasteiger partial charge on any atom is 1.00 e. The molecule has 0 spiro atoms. The Balaban J connectivity index is 0. The van der Waals surface area contributed by atoms with Crippen molar-refractivity contribution in [2.24, 2.45) is 0 Å². The van der Waals surface area contributed by atoms with Gasteiger partial charge in [0.1, 0.15) is 0 Å². The van der Waals surface area contributed by atoms with Crippen molar-refractivity contribution in [3.8, 4) is 0 Å². The largest absolute Gasteiger partial charge is 1.00 e. The molecule has 0 rings (SSSR count). The van der Waals surface area contributed by atoms with E-state index in [2.05, 4.69) is 0 Å². The van der Waals surface area contributed by atoms with Crippen LogP contribution in [-0.2, 0) is 17.7 Å². The maximum atomic E-state index is 5.42. The van der Waals surface area contributed by atoms with Crippen LogP contribution in [0.25, 0.3) is 0 Å². The molecule has 0 N–H and O–H groups in total. The summed E-state index contributed by atoms with van der Waals surface area (Å²) in [5.74, 6) is 0. The van der Waals surface area contributed by atoms with Crippen LogP contribution in [0.3, 0.4) is 0 Å². The Morgan fingerprint density at radius 1 is 0.643 bits per heavy atom. The van der Waals surface area contributed by atoms with Crippen molar-refractivity contribution in [3.63, 3.8) is 0 Å². The van der Waals surface area contributed by atoms with E-state index >= 15 is 0 Å². The smallest absolute Gasteiger partial charge is 0.502 e. The van der Waals surface area contributed by atoms with Crippen LogP contribution in [0.4, 0.5) is 0 Å². The number of hydrogen-bond donors (Lipinski definition) is 0. The molecule has 0 aromatic carbocycles. The fourth-order valence-electron chi connectivity index (χ4n) is 0.957. The van der Waals surface area contributed by atoms with Gasteiger partial charge < -0.3 is 17.7 Å². The average molecular weight is 247 g/mol. The molecule has 14 heavy (non-hydrogen) atoms. The molecule has 0 aliphatic heterocycles. The van der Waals surface area contributed by atoms with Crippen LogP contribution in [0.1, 0.15) is 27.7 Å². The summed E-state index contributed by atoms with van der Waals surface area (Å²) in [4.78, 5) is 0. The van der Waals surface area contributed by atoms with Gasteiger partial charge in [-0.3, -0.25) is 0 Å². The topological polar surface area (TPSA) is 36.9 Å². The standard InChI is InChI=1S/C8H20O4Si.K/c1-5-9-13(10-6-2,11-7-3)12-8-4;/h5-8H2,1-4H3;/q-1;+1. The maximum absolute atomic E-state index is 5.42. The molecule has 0 radical (unpaired) electrons. The molecule has 81 valence electrons. The third-order valence-electron chi connectivity index (χ3n) is 1.28. The Bertz CT molecular complexity index is 96.4. The molecule has 0 aliphatic rings. The quantitative estimate of drug-likeness (QED) is 0.493. The third kappa shape index (κ3) is 7.05. The van der Waals surface area contributed by atoms with Gasteiger partial charge in [0.05, 0.1) is 0 Å². The molecule has 0 saturated heterocycles. The SMILES string of the molecule is CCO[Si-](OCC)(OCC)OCC.[K+]. The summed E-state index contributed by atoms with van der Waals surface area (Å²) >= 11 is 0. The summed E-state index contributed by atoms with van der Waals surface area (Å²) in [5, 5.41) is 0. The van der Waals surface area contributed by atoms with Gasteiger partial charge >= 0.3 is 60.4 Å². The Morgan fingerprint density at radius 2 is 0.857 bits per heavy atom. The van der Waals surface area contributed by atoms with E-state index in [0.717, 1.165) is 0 Å². The van der Waals surface area contributed by atoms with E-state index < -0.39 is 9.05 Å². The molecule has 0 unspecified atom stereocenters. The number of hydrogen-bond acceptors (Lipinski definition) is 4. The van der Waals surface area contributed by atoms with E-state index in [9.17, 15) is 0 Å². The van der Waals surface area contributed by atoms with Crippen LogP contribution in [0.2, 0.25) is 0 Å². The number of rotatable bonds is 8. The van der Waals surface area contributed by atoms with E-state index in [-0.39, 0.29) is 51.4 Å². The Labute approximate surface area is 131 Å². The predicted octanol–water partition coefficient (Wildman–Crippen LogP) is -1.43. The van der Waals surface area contributed by atoms with Gasteiger partial charge in [-0.2, -0.15) is 0 Å². The zero-order valence-electron chi connectivity index (χ0n) is 9.96. The summed E-state index contributed by atoms with van der Waals surface area (Å²) in [6.07, 6.45) is 0. The fourth-order valence-corrected chi connectivity index (χ4v) is 2.87. The summed E-state index contributed by atoms with van der Waals surface area (Å²) < 4.78 is 21.7. The van der Waals surface area contributed by atoms with Crippen molar-refractivity contribution >= 4 is 9.05 Å². The molecule has 0 aliphatic carbocycles. The summed E-state index contributed by atoms with van der Waals surface area (Å²) in [7, 11) is -2.80. The first-order valence-corrected chi connectivity index (χ1v) is 6.43. The van der Waals surface area contributed by atoms with E-state index in [1.54, 1.807) is 0 Å². The molecular formula is C8H20KO4Si. The van der Waals surface area contributed by atoms with Crippen LogP contribution in [0.5, 0.6) is 0 Å². The van der Waals surface area contributed by atoms with Crippen molar-refractivity contribution < 1.29 is 69.1 Å². The average Bonchev–Trinajstić information content (AvgIpc) is 2.06. The second kappa shape index (κ2) is 11.2. The van der Waals surface area contributed by atoms with Gasteiger partial charge in [-0.05, 0) is 27.7 Å². The Kier molecular flexibility index (Phi) is 14.4. The zero-order chi connectivity index (χ0) is 10.2. The van der Waals surface area contributed by atoms with Gasteiger partial charge in [0.25, 0.3) is 0 Å². The van der Waals surface area contributed by atoms with Gasteiger partial charge in [0.2, 0.25) is 0 Å². The fraction of sp³-hybridized carbons (Fsp3) is 1.00. The monoisotopic (exact) mass is 247 g/mol. The molecule has 0 atom stereocenters. The van der Waals surface area contributed by atoms with Crippen LogP contribution < -0.4 is 51.4 Å². The molecule has 0 bridgehead atoms. The predicted molar refractivity (Wildman–Crippen MR) is 52.3 cm³/mol. The van der Waals surface area contributed by atoms with Crippen molar-refractivity contribution in [1.29, 1.82) is 0 Å². The van der Waals surface area contributed by atoms with Gasteiger partial charge in [0, 0.05) is 26.4 Å². The van der Waals surface area contributed by atoms with Gasteiger partial charge in [-0.25, -0.2) is 0 Å². The molecule has 0 aromatic rings.